The maximum atomic E-state index is 13.2. The molecule has 0 fully saturated rings. The van der Waals surface area contributed by atoms with Crippen LogP contribution >= 0.6 is 0 Å². The highest BCUT2D eigenvalue weighted by Gasteiger charge is 2.21. The molecule has 0 saturated carbocycles. The molecular weight excluding hydrogens is 396 g/mol. The lowest BCUT2D eigenvalue weighted by atomic mass is 10.1. The van der Waals surface area contributed by atoms with Gasteiger partial charge in [-0.05, 0) is 38.0 Å². The van der Waals surface area contributed by atoms with Crippen LogP contribution in [0.3, 0.4) is 0 Å². The van der Waals surface area contributed by atoms with E-state index in [9.17, 15) is 14.4 Å². The second-order valence-electron chi connectivity index (χ2n) is 7.41. The third-order valence-electron chi connectivity index (χ3n) is 4.99. The molecule has 8 nitrogen and oxygen atoms in total. The van der Waals surface area contributed by atoms with Crippen LogP contribution in [0.25, 0.3) is 5.69 Å². The van der Waals surface area contributed by atoms with Crippen molar-refractivity contribution in [1.29, 1.82) is 0 Å². The third kappa shape index (κ3) is 4.91. The van der Waals surface area contributed by atoms with E-state index in [1.165, 1.54) is 7.11 Å². The second-order valence-corrected chi connectivity index (χ2v) is 7.41. The maximum absolute atomic E-state index is 13.2. The van der Waals surface area contributed by atoms with Crippen LogP contribution < -0.4 is 21.3 Å². The number of carbonyl (C=O) groups is 1. The van der Waals surface area contributed by atoms with Crippen molar-refractivity contribution in [1.82, 2.24) is 19.7 Å². The first-order valence-electron chi connectivity index (χ1n) is 10.1. The Labute approximate surface area is 180 Å². The molecule has 0 saturated heterocycles. The van der Waals surface area contributed by atoms with Crippen molar-refractivity contribution >= 4 is 5.91 Å². The number of hydrogen-bond acceptors (Lipinski definition) is 5. The molecule has 0 unspecified atom stereocenters. The monoisotopic (exact) mass is 422 g/mol. The van der Waals surface area contributed by atoms with Crippen molar-refractivity contribution in [2.45, 2.75) is 39.8 Å². The Bertz CT molecular complexity index is 1210. The Hall–Kier alpha value is -3.68. The standard InChI is InChI=1S/C23H26N4O4/c1-5-16(3)24-21(28)20-22(29)26(14-17-9-6-8-15(2)12-17)23(30)27(25-20)18-10-7-11-19(13-18)31-4/h6-13,16H,5,14H2,1-4H3,(H,24,28)/t16-/m1/s1. The summed E-state index contributed by atoms with van der Waals surface area (Å²) >= 11 is 0. The van der Waals surface area contributed by atoms with Crippen molar-refractivity contribution in [2.24, 2.45) is 0 Å². The number of benzene rings is 2. The first-order valence-corrected chi connectivity index (χ1v) is 10.1. The Morgan fingerprint density at radius 1 is 1.16 bits per heavy atom. The summed E-state index contributed by atoms with van der Waals surface area (Å²) in [6.07, 6.45) is 0.693. The van der Waals surface area contributed by atoms with Gasteiger partial charge in [0.1, 0.15) is 5.75 Å². The quantitative estimate of drug-likeness (QED) is 0.630. The van der Waals surface area contributed by atoms with Gasteiger partial charge in [-0.1, -0.05) is 42.8 Å². The molecule has 162 valence electrons. The SMILES string of the molecule is CC[C@@H](C)NC(=O)c1nn(-c2cccc(OC)c2)c(=O)n(Cc2cccc(C)c2)c1=O. The van der Waals surface area contributed by atoms with E-state index >= 15 is 0 Å². The van der Waals surface area contributed by atoms with E-state index in [-0.39, 0.29) is 18.3 Å². The smallest absolute Gasteiger partial charge is 0.352 e. The molecule has 1 amide bonds. The summed E-state index contributed by atoms with van der Waals surface area (Å²) in [6.45, 7) is 5.71. The predicted octanol–water partition coefficient (Wildman–Crippen LogP) is 2.29. The number of aromatic nitrogens is 3. The van der Waals surface area contributed by atoms with Crippen molar-refractivity contribution < 1.29 is 9.53 Å². The van der Waals surface area contributed by atoms with Crippen LogP contribution in [0.1, 0.15) is 41.9 Å². The molecule has 0 bridgehead atoms. The van der Waals surface area contributed by atoms with Gasteiger partial charge in [-0.25, -0.2) is 4.79 Å². The summed E-state index contributed by atoms with van der Waals surface area (Å²) in [5.74, 6) is -0.0952. The molecule has 1 aromatic heterocycles. The van der Waals surface area contributed by atoms with Gasteiger partial charge in [-0.2, -0.15) is 9.78 Å². The average Bonchev–Trinajstić information content (AvgIpc) is 2.76. The third-order valence-corrected chi connectivity index (χ3v) is 4.99. The Balaban J connectivity index is 2.20. The van der Waals surface area contributed by atoms with E-state index in [1.54, 1.807) is 24.3 Å². The molecule has 2 aromatic carbocycles. The van der Waals surface area contributed by atoms with Gasteiger partial charge in [0.05, 0.1) is 19.3 Å². The molecule has 1 atom stereocenters. The van der Waals surface area contributed by atoms with Crippen molar-refractivity contribution in [3.05, 3.63) is 86.2 Å². The van der Waals surface area contributed by atoms with E-state index in [0.717, 1.165) is 20.4 Å². The highest BCUT2D eigenvalue weighted by Crippen LogP contribution is 2.14. The molecule has 31 heavy (non-hydrogen) atoms. The molecular formula is C23H26N4O4. The van der Waals surface area contributed by atoms with Gasteiger partial charge >= 0.3 is 5.69 Å². The minimum absolute atomic E-state index is 0.0233. The number of amides is 1. The summed E-state index contributed by atoms with van der Waals surface area (Å²) in [5.41, 5.74) is 0.458. The molecule has 0 aliphatic rings. The normalized spacial score (nSPS) is 11.7. The van der Waals surface area contributed by atoms with E-state index in [0.29, 0.717) is 17.9 Å². The fraction of sp³-hybridized carbons (Fsp3) is 0.304. The van der Waals surface area contributed by atoms with Gasteiger partial charge in [0.2, 0.25) is 5.69 Å². The largest absolute Gasteiger partial charge is 0.497 e. The van der Waals surface area contributed by atoms with Crippen molar-refractivity contribution in [3.8, 4) is 11.4 Å². The molecule has 1 N–H and O–H groups in total. The summed E-state index contributed by atoms with van der Waals surface area (Å²) < 4.78 is 7.33. The van der Waals surface area contributed by atoms with Gasteiger partial charge in [-0.15, -0.1) is 0 Å². The zero-order valence-corrected chi connectivity index (χ0v) is 18.1. The topological polar surface area (TPSA) is 95.2 Å². The molecule has 3 aromatic rings. The number of nitrogens with one attached hydrogen (secondary N) is 1. The van der Waals surface area contributed by atoms with Crippen molar-refractivity contribution in [3.63, 3.8) is 0 Å². The van der Waals surface area contributed by atoms with Crippen LogP contribution in [0, 0.1) is 6.92 Å². The highest BCUT2D eigenvalue weighted by molar-refractivity contribution is 5.91. The fourth-order valence-electron chi connectivity index (χ4n) is 3.09. The molecule has 0 aliphatic carbocycles. The molecule has 0 spiro atoms. The van der Waals surface area contributed by atoms with Crippen LogP contribution in [0.2, 0.25) is 0 Å². The predicted molar refractivity (Wildman–Crippen MR) is 118 cm³/mol. The summed E-state index contributed by atoms with van der Waals surface area (Å²) in [5, 5.41) is 6.88. The molecule has 8 heteroatoms. The van der Waals surface area contributed by atoms with Gasteiger partial charge in [0.25, 0.3) is 11.5 Å². The first kappa shape index (κ1) is 22.0. The number of ether oxygens (including phenoxy) is 1. The van der Waals surface area contributed by atoms with Crippen LogP contribution in [-0.2, 0) is 6.54 Å². The van der Waals surface area contributed by atoms with Gasteiger partial charge in [-0.3, -0.25) is 14.2 Å². The molecule has 0 radical (unpaired) electrons. The maximum Gasteiger partial charge on any atom is 0.352 e. The minimum atomic E-state index is -0.730. The number of aryl methyl sites for hydroxylation is 1. The minimum Gasteiger partial charge on any atom is -0.497 e. The van der Waals surface area contributed by atoms with E-state index < -0.39 is 17.2 Å². The average molecular weight is 422 g/mol. The number of rotatable bonds is 7. The van der Waals surface area contributed by atoms with Crippen LogP contribution in [0.4, 0.5) is 0 Å². The second kappa shape index (κ2) is 9.42. The summed E-state index contributed by atoms with van der Waals surface area (Å²) in [4.78, 5) is 39.1. The lowest BCUT2D eigenvalue weighted by Gasteiger charge is -2.15. The number of carbonyl (C=O) groups excluding carboxylic acids is 1. The fourth-order valence-corrected chi connectivity index (χ4v) is 3.09. The molecule has 3 rings (SSSR count). The lowest BCUT2D eigenvalue weighted by molar-refractivity contribution is 0.0929. The van der Waals surface area contributed by atoms with Crippen molar-refractivity contribution in [2.75, 3.05) is 7.11 Å². The van der Waals surface area contributed by atoms with E-state index in [2.05, 4.69) is 10.4 Å². The summed E-state index contributed by atoms with van der Waals surface area (Å²) in [7, 11) is 1.51. The highest BCUT2D eigenvalue weighted by atomic mass is 16.5. The zero-order chi connectivity index (χ0) is 22.5. The Kier molecular flexibility index (Phi) is 6.69. The Morgan fingerprint density at radius 2 is 1.90 bits per heavy atom. The van der Waals surface area contributed by atoms with Crippen LogP contribution in [-0.4, -0.2) is 33.4 Å². The van der Waals surface area contributed by atoms with Gasteiger partial charge < -0.3 is 10.1 Å². The zero-order valence-electron chi connectivity index (χ0n) is 18.1. The number of methoxy groups -OCH3 is 1. The van der Waals surface area contributed by atoms with E-state index in [4.69, 9.17) is 4.74 Å². The first-order chi connectivity index (χ1) is 14.8. The molecule has 1 heterocycles. The van der Waals surface area contributed by atoms with Gasteiger partial charge in [0.15, 0.2) is 0 Å². The van der Waals surface area contributed by atoms with Crippen LogP contribution in [0.5, 0.6) is 5.75 Å². The number of nitrogens with zero attached hydrogens (tertiary/aromatic N) is 3. The van der Waals surface area contributed by atoms with Gasteiger partial charge in [0, 0.05) is 12.1 Å². The van der Waals surface area contributed by atoms with E-state index in [1.807, 2.05) is 45.0 Å². The van der Waals surface area contributed by atoms with Crippen LogP contribution in [0.15, 0.2) is 58.1 Å². The molecule has 0 aliphatic heterocycles. The Morgan fingerprint density at radius 3 is 2.58 bits per heavy atom. The summed E-state index contributed by atoms with van der Waals surface area (Å²) in [6, 6.07) is 14.1. The lowest BCUT2D eigenvalue weighted by Crippen LogP contribution is -2.47. The number of hydrogen-bond donors (Lipinski definition) is 1.